The Bertz CT molecular complexity index is 946. The van der Waals surface area contributed by atoms with E-state index in [1.807, 2.05) is 23.6 Å². The van der Waals surface area contributed by atoms with Crippen molar-refractivity contribution in [2.24, 2.45) is 0 Å². The van der Waals surface area contributed by atoms with Crippen molar-refractivity contribution >= 4 is 21.6 Å². The number of hydrogen-bond donors (Lipinski definition) is 0. The first-order valence-corrected chi connectivity index (χ1v) is 10.7. The van der Waals surface area contributed by atoms with Gasteiger partial charge in [-0.25, -0.2) is 9.97 Å². The topological polar surface area (TPSA) is 38.2 Å². The van der Waals surface area contributed by atoms with Crippen LogP contribution < -0.4 is 4.74 Å². The summed E-state index contributed by atoms with van der Waals surface area (Å²) in [4.78, 5) is 12.0. The van der Waals surface area contributed by atoms with E-state index in [2.05, 4.69) is 41.1 Å². The molecule has 1 aliphatic carbocycles. The number of methoxy groups -OCH3 is 1. The molecule has 2 aliphatic rings. The van der Waals surface area contributed by atoms with Gasteiger partial charge in [-0.05, 0) is 62.9 Å². The normalized spacial score (nSPS) is 25.6. The lowest BCUT2D eigenvalue weighted by atomic mass is 9.79. The summed E-state index contributed by atoms with van der Waals surface area (Å²) in [6.07, 6.45) is 7.16. The van der Waals surface area contributed by atoms with Gasteiger partial charge in [-0.3, -0.25) is 4.90 Å². The Morgan fingerprint density at radius 2 is 2.00 bits per heavy atom. The third-order valence-corrected chi connectivity index (χ3v) is 7.40. The van der Waals surface area contributed by atoms with Crippen molar-refractivity contribution in [2.45, 2.75) is 50.6 Å². The number of nitrogens with zero attached hydrogens (tertiary/aromatic N) is 3. The van der Waals surface area contributed by atoms with Crippen molar-refractivity contribution in [3.63, 3.8) is 0 Å². The second-order valence-corrected chi connectivity index (χ2v) is 8.94. The van der Waals surface area contributed by atoms with Crippen LogP contribution >= 0.6 is 11.3 Å². The molecule has 140 valence electrons. The Kier molecular flexibility index (Phi) is 4.37. The molecule has 4 nitrogen and oxygen atoms in total. The summed E-state index contributed by atoms with van der Waals surface area (Å²) in [5.74, 6) is 1.29. The molecular formula is C22H25N3OS. The van der Waals surface area contributed by atoms with Crippen molar-refractivity contribution in [3.05, 3.63) is 41.5 Å². The highest BCUT2D eigenvalue weighted by Gasteiger charge is 2.39. The van der Waals surface area contributed by atoms with Crippen LogP contribution in [0.15, 0.2) is 36.5 Å². The van der Waals surface area contributed by atoms with Crippen molar-refractivity contribution < 1.29 is 4.74 Å². The van der Waals surface area contributed by atoms with E-state index in [0.717, 1.165) is 23.2 Å². The molecule has 3 heterocycles. The van der Waals surface area contributed by atoms with E-state index in [1.165, 1.54) is 47.5 Å². The molecule has 0 N–H and O–H groups in total. The van der Waals surface area contributed by atoms with Crippen LogP contribution in [0.3, 0.4) is 0 Å². The van der Waals surface area contributed by atoms with Gasteiger partial charge < -0.3 is 4.74 Å². The maximum absolute atomic E-state index is 5.15. The third kappa shape index (κ3) is 3.13. The zero-order valence-corrected chi connectivity index (χ0v) is 16.7. The van der Waals surface area contributed by atoms with Gasteiger partial charge in [-0.15, -0.1) is 11.3 Å². The number of hydrogen-bond acceptors (Lipinski definition) is 5. The Balaban J connectivity index is 1.34. The number of ether oxygens (including phenoxy) is 1. The SMILES string of the molecule is COc1ccc(-c2ccc3nc([C@H]4C[C@H](N5CCC[C@H]5C)C4)sc3c2)cn1. The highest BCUT2D eigenvalue weighted by molar-refractivity contribution is 7.18. The first kappa shape index (κ1) is 17.1. The van der Waals surface area contributed by atoms with E-state index in [1.54, 1.807) is 7.11 Å². The number of thiazole rings is 1. The van der Waals surface area contributed by atoms with Crippen LogP contribution in [-0.2, 0) is 0 Å². The Hall–Kier alpha value is -1.98. The predicted molar refractivity (Wildman–Crippen MR) is 111 cm³/mol. The second kappa shape index (κ2) is 6.88. The largest absolute Gasteiger partial charge is 0.481 e. The zero-order valence-electron chi connectivity index (χ0n) is 15.9. The van der Waals surface area contributed by atoms with Crippen LogP contribution in [0.25, 0.3) is 21.3 Å². The van der Waals surface area contributed by atoms with Crippen molar-refractivity contribution in [3.8, 4) is 17.0 Å². The van der Waals surface area contributed by atoms with Crippen LogP contribution in [-0.4, -0.2) is 40.6 Å². The minimum atomic E-state index is 0.645. The molecule has 0 bridgehead atoms. The average Bonchev–Trinajstić information content (AvgIpc) is 3.26. The van der Waals surface area contributed by atoms with Gasteiger partial charge in [0, 0.05) is 35.8 Å². The average molecular weight is 380 g/mol. The fourth-order valence-electron chi connectivity index (χ4n) is 4.53. The standard InChI is InChI=1S/C22H25N3OS/c1-14-4-3-9-25(14)18-10-17(11-18)22-24-19-7-5-15(12-20(19)27-22)16-6-8-21(26-2)23-13-16/h5-8,12-14,17-18H,3-4,9-11H2,1-2H3/t14-,17-,18-/m1/s1. The Morgan fingerprint density at radius 3 is 2.70 bits per heavy atom. The minimum Gasteiger partial charge on any atom is -0.481 e. The summed E-state index contributed by atoms with van der Waals surface area (Å²) in [7, 11) is 1.64. The number of pyridine rings is 1. The van der Waals surface area contributed by atoms with Gasteiger partial charge >= 0.3 is 0 Å². The molecule has 1 aliphatic heterocycles. The van der Waals surface area contributed by atoms with Crippen LogP contribution in [0.4, 0.5) is 0 Å². The third-order valence-electron chi connectivity index (χ3n) is 6.22. The lowest BCUT2D eigenvalue weighted by molar-refractivity contribution is 0.103. The maximum atomic E-state index is 5.15. The first-order chi connectivity index (χ1) is 13.2. The lowest BCUT2D eigenvalue weighted by Gasteiger charge is -2.42. The number of aromatic nitrogens is 2. The summed E-state index contributed by atoms with van der Waals surface area (Å²) in [5, 5.41) is 1.32. The predicted octanol–water partition coefficient (Wildman–Crippen LogP) is 5.10. The molecule has 1 atom stereocenters. The monoisotopic (exact) mass is 379 g/mol. The van der Waals surface area contributed by atoms with Crippen LogP contribution in [0.5, 0.6) is 5.88 Å². The summed E-state index contributed by atoms with van der Waals surface area (Å²) < 4.78 is 6.43. The van der Waals surface area contributed by atoms with Gasteiger partial charge in [-0.2, -0.15) is 0 Å². The molecule has 0 spiro atoms. The summed E-state index contributed by atoms with van der Waals surface area (Å²) in [6, 6.07) is 12.1. The van der Waals surface area contributed by atoms with Crippen LogP contribution in [0.1, 0.15) is 43.5 Å². The van der Waals surface area contributed by atoms with Crippen LogP contribution in [0, 0.1) is 0 Å². The molecule has 2 aromatic heterocycles. The van der Waals surface area contributed by atoms with E-state index in [4.69, 9.17) is 9.72 Å². The quantitative estimate of drug-likeness (QED) is 0.632. The van der Waals surface area contributed by atoms with Crippen molar-refractivity contribution in [1.29, 1.82) is 0 Å². The van der Waals surface area contributed by atoms with Gasteiger partial charge in [0.1, 0.15) is 0 Å². The van der Waals surface area contributed by atoms with E-state index in [9.17, 15) is 0 Å². The maximum Gasteiger partial charge on any atom is 0.212 e. The van der Waals surface area contributed by atoms with Gasteiger partial charge in [0.2, 0.25) is 5.88 Å². The zero-order chi connectivity index (χ0) is 18.4. The second-order valence-electron chi connectivity index (χ2n) is 7.88. The molecular weight excluding hydrogens is 354 g/mol. The number of fused-ring (bicyclic) bond motifs is 1. The van der Waals surface area contributed by atoms with Crippen molar-refractivity contribution in [2.75, 3.05) is 13.7 Å². The lowest BCUT2D eigenvalue weighted by Crippen LogP contribution is -2.45. The first-order valence-electron chi connectivity index (χ1n) is 9.88. The number of rotatable bonds is 4. The van der Waals surface area contributed by atoms with Crippen molar-refractivity contribution in [1.82, 2.24) is 14.9 Å². The van der Waals surface area contributed by atoms with E-state index in [-0.39, 0.29) is 0 Å². The fraction of sp³-hybridized carbons (Fsp3) is 0.455. The van der Waals surface area contributed by atoms with Gasteiger partial charge in [0.15, 0.2) is 0 Å². The van der Waals surface area contributed by atoms with Crippen LogP contribution in [0.2, 0.25) is 0 Å². The molecule has 0 radical (unpaired) electrons. The van der Waals surface area contributed by atoms with Gasteiger partial charge in [-0.1, -0.05) is 6.07 Å². The van der Waals surface area contributed by atoms with E-state index in [0.29, 0.717) is 11.8 Å². The fourth-order valence-corrected chi connectivity index (χ4v) is 5.66. The Labute approximate surface area is 164 Å². The number of benzene rings is 1. The molecule has 0 amide bonds. The van der Waals surface area contributed by atoms with Gasteiger partial charge in [0.05, 0.1) is 22.3 Å². The highest BCUT2D eigenvalue weighted by Crippen LogP contribution is 2.44. The molecule has 1 aromatic carbocycles. The molecule has 2 fully saturated rings. The molecule has 3 aromatic rings. The molecule has 1 saturated carbocycles. The van der Waals surface area contributed by atoms with E-state index < -0.39 is 0 Å². The minimum absolute atomic E-state index is 0.645. The summed E-state index contributed by atoms with van der Waals surface area (Å²) >= 11 is 1.87. The molecule has 0 unspecified atom stereocenters. The smallest absolute Gasteiger partial charge is 0.212 e. The summed E-state index contributed by atoms with van der Waals surface area (Å²) in [5.41, 5.74) is 3.42. The number of likely N-dealkylation sites (tertiary alicyclic amines) is 1. The van der Waals surface area contributed by atoms with E-state index >= 15 is 0 Å². The molecule has 5 heteroatoms. The molecule has 1 saturated heterocycles. The van der Waals surface area contributed by atoms with Gasteiger partial charge in [0.25, 0.3) is 0 Å². The Morgan fingerprint density at radius 1 is 1.15 bits per heavy atom. The molecule has 5 rings (SSSR count). The molecule has 27 heavy (non-hydrogen) atoms. The summed E-state index contributed by atoms with van der Waals surface area (Å²) in [6.45, 7) is 3.67. The highest BCUT2D eigenvalue weighted by atomic mass is 32.1.